The Kier molecular flexibility index (Phi) is 2.03. The van der Waals surface area contributed by atoms with Gasteiger partial charge in [-0.05, 0) is 18.1 Å². The van der Waals surface area contributed by atoms with Gasteiger partial charge >= 0.3 is 0 Å². The fraction of sp³-hybridized carbons (Fsp3) is 0. The molecule has 0 radical (unpaired) electrons. The maximum Gasteiger partial charge on any atom is 0.238 e. The van der Waals surface area contributed by atoms with Crippen LogP contribution in [0.15, 0.2) is 24.3 Å². The monoisotopic (exact) mass is 148 g/mol. The largest absolute Gasteiger partial charge is 0.279 e. The third kappa shape index (κ3) is 1.44. The van der Waals surface area contributed by atoms with Crippen LogP contribution in [0, 0.1) is 18.2 Å². The minimum Gasteiger partial charge on any atom is -0.279 e. The van der Waals surface area contributed by atoms with Crippen molar-refractivity contribution in [3.8, 4) is 12.3 Å². The number of hydrogen-bond donors (Lipinski definition) is 0. The number of terminal acetylenes is 1. The molecule has 0 saturated carbocycles. The molecule has 0 N–H and O–H groups in total. The summed E-state index contributed by atoms with van der Waals surface area (Å²) in [6, 6.07) is 5.62. The molecule has 0 aliphatic rings. The molecule has 0 fully saturated rings. The Morgan fingerprint density at radius 2 is 2.09 bits per heavy atom. The second-order valence-electron chi connectivity index (χ2n) is 1.95. The third-order valence-electron chi connectivity index (χ3n) is 1.25. The molecular formula is C9H5FO. The number of benzene rings is 1. The van der Waals surface area contributed by atoms with E-state index in [9.17, 15) is 9.18 Å². The van der Waals surface area contributed by atoms with E-state index in [1.807, 2.05) is 5.92 Å². The Morgan fingerprint density at radius 1 is 1.45 bits per heavy atom. The summed E-state index contributed by atoms with van der Waals surface area (Å²) in [6.07, 6.45) is 4.81. The number of hydrogen-bond acceptors (Lipinski definition) is 1. The van der Waals surface area contributed by atoms with Gasteiger partial charge in [0.05, 0.1) is 5.56 Å². The van der Waals surface area contributed by atoms with Crippen LogP contribution in [0.1, 0.15) is 10.4 Å². The molecule has 54 valence electrons. The van der Waals surface area contributed by atoms with Crippen molar-refractivity contribution in [1.82, 2.24) is 0 Å². The first kappa shape index (κ1) is 7.49. The molecule has 0 aliphatic heterocycles. The van der Waals surface area contributed by atoms with E-state index in [2.05, 4.69) is 0 Å². The molecule has 0 atom stereocenters. The number of halogens is 1. The second kappa shape index (κ2) is 2.98. The highest BCUT2D eigenvalue weighted by atomic mass is 19.1. The first-order valence-corrected chi connectivity index (χ1v) is 3.01. The van der Waals surface area contributed by atoms with Gasteiger partial charge in [-0.1, -0.05) is 12.1 Å². The van der Waals surface area contributed by atoms with Crippen LogP contribution in [-0.4, -0.2) is 5.78 Å². The summed E-state index contributed by atoms with van der Waals surface area (Å²) >= 11 is 0. The summed E-state index contributed by atoms with van der Waals surface area (Å²) in [5.74, 6) is 0.647. The van der Waals surface area contributed by atoms with Crippen LogP contribution < -0.4 is 0 Å². The molecule has 0 unspecified atom stereocenters. The number of ketones is 1. The Morgan fingerprint density at radius 3 is 2.64 bits per heavy atom. The molecule has 0 saturated heterocycles. The van der Waals surface area contributed by atoms with E-state index in [1.165, 1.54) is 18.2 Å². The zero-order valence-corrected chi connectivity index (χ0v) is 5.67. The molecule has 2 heteroatoms. The maximum atomic E-state index is 12.7. The standard InChI is InChI=1S/C9H5FO/c1-2-9(11)7-5-3-4-6-8(7)10/h1,3-6H. The first-order valence-electron chi connectivity index (χ1n) is 3.01. The van der Waals surface area contributed by atoms with Crippen molar-refractivity contribution in [3.63, 3.8) is 0 Å². The van der Waals surface area contributed by atoms with Gasteiger partial charge in [0.2, 0.25) is 5.78 Å². The van der Waals surface area contributed by atoms with Crippen molar-refractivity contribution in [3.05, 3.63) is 35.6 Å². The van der Waals surface area contributed by atoms with Crippen molar-refractivity contribution >= 4 is 5.78 Å². The Hall–Kier alpha value is -1.62. The van der Waals surface area contributed by atoms with Crippen molar-refractivity contribution in [2.75, 3.05) is 0 Å². The van der Waals surface area contributed by atoms with E-state index >= 15 is 0 Å². The lowest BCUT2D eigenvalue weighted by Gasteiger charge is -1.93. The molecule has 1 aromatic rings. The summed E-state index contributed by atoms with van der Waals surface area (Å²) < 4.78 is 12.7. The van der Waals surface area contributed by atoms with Gasteiger partial charge in [-0.2, -0.15) is 0 Å². The van der Waals surface area contributed by atoms with Crippen LogP contribution in [-0.2, 0) is 0 Å². The van der Waals surface area contributed by atoms with E-state index < -0.39 is 11.6 Å². The topological polar surface area (TPSA) is 17.1 Å². The maximum absolute atomic E-state index is 12.7. The molecule has 0 amide bonds. The van der Waals surface area contributed by atoms with Crippen molar-refractivity contribution in [2.45, 2.75) is 0 Å². The Bertz CT molecular complexity index is 323. The van der Waals surface area contributed by atoms with Gasteiger partial charge in [-0.25, -0.2) is 4.39 Å². The average molecular weight is 148 g/mol. The van der Waals surface area contributed by atoms with Gasteiger partial charge in [0, 0.05) is 0 Å². The average Bonchev–Trinajstić information content (AvgIpc) is 2.04. The molecule has 0 aliphatic carbocycles. The van der Waals surface area contributed by atoms with Gasteiger partial charge in [-0.3, -0.25) is 4.79 Å². The predicted octanol–water partition coefficient (Wildman–Crippen LogP) is 1.64. The van der Waals surface area contributed by atoms with E-state index in [0.717, 1.165) is 0 Å². The molecule has 11 heavy (non-hydrogen) atoms. The summed E-state index contributed by atoms with van der Waals surface area (Å²) in [7, 11) is 0. The lowest BCUT2D eigenvalue weighted by atomic mass is 10.1. The molecular weight excluding hydrogens is 143 g/mol. The van der Waals surface area contributed by atoms with E-state index in [0.29, 0.717) is 0 Å². The lowest BCUT2D eigenvalue weighted by molar-refractivity contribution is 0.105. The van der Waals surface area contributed by atoms with Crippen molar-refractivity contribution in [1.29, 1.82) is 0 Å². The molecule has 1 rings (SSSR count). The minimum atomic E-state index is -0.622. The quantitative estimate of drug-likeness (QED) is 0.336. The van der Waals surface area contributed by atoms with E-state index in [4.69, 9.17) is 6.42 Å². The first-order chi connectivity index (χ1) is 5.25. The fourth-order valence-electron chi connectivity index (χ4n) is 0.723. The van der Waals surface area contributed by atoms with Crippen LogP contribution in [0.3, 0.4) is 0 Å². The number of rotatable bonds is 1. The van der Waals surface area contributed by atoms with Gasteiger partial charge < -0.3 is 0 Å². The molecule has 0 bridgehead atoms. The molecule has 0 heterocycles. The zero-order valence-electron chi connectivity index (χ0n) is 5.67. The lowest BCUT2D eigenvalue weighted by Crippen LogP contribution is -1.97. The van der Waals surface area contributed by atoms with Crippen molar-refractivity contribution < 1.29 is 9.18 Å². The highest BCUT2D eigenvalue weighted by Gasteiger charge is 2.06. The highest BCUT2D eigenvalue weighted by Crippen LogP contribution is 2.05. The highest BCUT2D eigenvalue weighted by molar-refractivity contribution is 6.08. The van der Waals surface area contributed by atoms with Gasteiger partial charge in [0.15, 0.2) is 0 Å². The third-order valence-corrected chi connectivity index (χ3v) is 1.25. The van der Waals surface area contributed by atoms with Crippen LogP contribution in [0.25, 0.3) is 0 Å². The predicted molar refractivity (Wildman–Crippen MR) is 39.6 cm³/mol. The van der Waals surface area contributed by atoms with Gasteiger partial charge in [-0.15, -0.1) is 6.42 Å². The van der Waals surface area contributed by atoms with Gasteiger partial charge in [0.25, 0.3) is 0 Å². The van der Waals surface area contributed by atoms with Gasteiger partial charge in [0.1, 0.15) is 5.82 Å². The summed E-state index contributed by atoms with van der Waals surface area (Å²) in [5, 5.41) is 0. The fourth-order valence-corrected chi connectivity index (χ4v) is 0.723. The van der Waals surface area contributed by atoms with Crippen LogP contribution >= 0.6 is 0 Å². The second-order valence-corrected chi connectivity index (χ2v) is 1.95. The SMILES string of the molecule is C#CC(=O)c1ccccc1F. The summed E-state index contributed by atoms with van der Waals surface area (Å²) in [5.41, 5.74) is -0.0463. The van der Waals surface area contributed by atoms with Crippen molar-refractivity contribution in [2.24, 2.45) is 0 Å². The molecule has 1 aromatic carbocycles. The Labute approximate surface area is 63.9 Å². The number of carbonyl (C=O) groups excluding carboxylic acids is 1. The number of Topliss-reactive ketones (excluding diaryl/α,β-unsaturated/α-hetero) is 1. The minimum absolute atomic E-state index is 0.0463. The normalized spacial score (nSPS) is 8.73. The van der Waals surface area contributed by atoms with Crippen LogP contribution in [0.5, 0.6) is 0 Å². The smallest absolute Gasteiger partial charge is 0.238 e. The molecule has 0 aromatic heterocycles. The van der Waals surface area contributed by atoms with E-state index in [1.54, 1.807) is 6.07 Å². The van der Waals surface area contributed by atoms with Crippen LogP contribution in [0.2, 0.25) is 0 Å². The molecule has 0 spiro atoms. The summed E-state index contributed by atoms with van der Waals surface area (Å²) in [6.45, 7) is 0. The number of carbonyl (C=O) groups is 1. The van der Waals surface area contributed by atoms with Crippen LogP contribution in [0.4, 0.5) is 4.39 Å². The van der Waals surface area contributed by atoms with E-state index in [-0.39, 0.29) is 5.56 Å². The molecule has 1 nitrogen and oxygen atoms in total. The Balaban J connectivity index is 3.16. The zero-order chi connectivity index (χ0) is 8.27. The summed E-state index contributed by atoms with van der Waals surface area (Å²) in [4.78, 5) is 10.8.